The van der Waals surface area contributed by atoms with Crippen LogP contribution in [0, 0.1) is 5.92 Å². The maximum Gasteiger partial charge on any atom is 0.238 e. The summed E-state index contributed by atoms with van der Waals surface area (Å²) in [6.45, 7) is 2.54. The molecule has 98 valence electrons. The van der Waals surface area contributed by atoms with Gasteiger partial charge in [0.25, 0.3) is 0 Å². The number of anilines is 1. The summed E-state index contributed by atoms with van der Waals surface area (Å²) in [5.74, 6) is 1.41. The lowest BCUT2D eigenvalue weighted by Gasteiger charge is -2.10. The molecule has 0 bridgehead atoms. The van der Waals surface area contributed by atoms with Gasteiger partial charge in [0, 0.05) is 6.04 Å². The summed E-state index contributed by atoms with van der Waals surface area (Å²) >= 11 is 0. The summed E-state index contributed by atoms with van der Waals surface area (Å²) in [5.41, 5.74) is 0.717. The number of para-hydroxylation sites is 2. The van der Waals surface area contributed by atoms with E-state index in [9.17, 15) is 4.79 Å². The van der Waals surface area contributed by atoms with Gasteiger partial charge in [0.05, 0.1) is 19.3 Å². The maximum atomic E-state index is 11.8. The topological polar surface area (TPSA) is 50.4 Å². The Kier molecular flexibility index (Phi) is 4.20. The number of carbonyl (C=O) groups excluding carboxylic acids is 1. The van der Waals surface area contributed by atoms with Crippen molar-refractivity contribution < 1.29 is 9.53 Å². The average Bonchev–Trinajstić information content (AvgIpc) is 3.16. The van der Waals surface area contributed by atoms with E-state index < -0.39 is 0 Å². The van der Waals surface area contributed by atoms with E-state index in [-0.39, 0.29) is 5.91 Å². The van der Waals surface area contributed by atoms with Crippen molar-refractivity contribution >= 4 is 11.6 Å². The number of methoxy groups -OCH3 is 1. The molecule has 0 heterocycles. The summed E-state index contributed by atoms with van der Waals surface area (Å²) < 4.78 is 5.18. The number of hydrogen-bond donors (Lipinski definition) is 2. The van der Waals surface area contributed by atoms with Crippen LogP contribution in [-0.2, 0) is 4.79 Å². The van der Waals surface area contributed by atoms with Gasteiger partial charge >= 0.3 is 0 Å². The largest absolute Gasteiger partial charge is 0.495 e. The van der Waals surface area contributed by atoms with Gasteiger partial charge in [-0.15, -0.1) is 0 Å². The van der Waals surface area contributed by atoms with Crippen LogP contribution >= 0.6 is 0 Å². The number of carbonyl (C=O) groups is 1. The monoisotopic (exact) mass is 248 g/mol. The zero-order chi connectivity index (χ0) is 13.0. The first-order chi connectivity index (χ1) is 8.74. The lowest BCUT2D eigenvalue weighted by Crippen LogP contribution is -2.30. The number of ether oxygens (including phenoxy) is 1. The summed E-state index contributed by atoms with van der Waals surface area (Å²) in [7, 11) is 1.60. The number of rotatable bonds is 6. The minimum atomic E-state index is -0.0266. The molecule has 0 radical (unpaired) electrons. The van der Waals surface area contributed by atoms with Crippen molar-refractivity contribution in [1.82, 2.24) is 5.32 Å². The van der Waals surface area contributed by atoms with Crippen molar-refractivity contribution in [3.05, 3.63) is 24.3 Å². The molecule has 0 aliphatic heterocycles. The number of amides is 1. The molecule has 2 atom stereocenters. The van der Waals surface area contributed by atoms with Crippen LogP contribution in [0.15, 0.2) is 24.3 Å². The third-order valence-corrected chi connectivity index (χ3v) is 3.35. The van der Waals surface area contributed by atoms with Crippen molar-refractivity contribution in [3.63, 3.8) is 0 Å². The number of hydrogen-bond acceptors (Lipinski definition) is 3. The van der Waals surface area contributed by atoms with Gasteiger partial charge in [-0.25, -0.2) is 0 Å². The summed E-state index contributed by atoms with van der Waals surface area (Å²) in [6.07, 6.45) is 2.38. The van der Waals surface area contributed by atoms with Gasteiger partial charge in [-0.05, 0) is 24.5 Å². The van der Waals surface area contributed by atoms with E-state index in [0.717, 1.165) is 11.6 Å². The van der Waals surface area contributed by atoms with Crippen molar-refractivity contribution in [2.75, 3.05) is 19.0 Å². The highest BCUT2D eigenvalue weighted by molar-refractivity contribution is 5.93. The van der Waals surface area contributed by atoms with E-state index in [1.807, 2.05) is 24.3 Å². The Morgan fingerprint density at radius 2 is 2.22 bits per heavy atom. The lowest BCUT2D eigenvalue weighted by atomic mass is 10.3. The smallest absolute Gasteiger partial charge is 0.238 e. The van der Waals surface area contributed by atoms with Gasteiger partial charge in [-0.1, -0.05) is 25.5 Å². The lowest BCUT2D eigenvalue weighted by molar-refractivity contribution is -0.115. The second-order valence-corrected chi connectivity index (χ2v) is 4.64. The van der Waals surface area contributed by atoms with Gasteiger partial charge in [0.1, 0.15) is 5.75 Å². The van der Waals surface area contributed by atoms with Gasteiger partial charge in [-0.3, -0.25) is 4.79 Å². The highest BCUT2D eigenvalue weighted by Gasteiger charge is 2.34. The van der Waals surface area contributed by atoms with Crippen LogP contribution in [0.25, 0.3) is 0 Å². The zero-order valence-corrected chi connectivity index (χ0v) is 10.9. The first-order valence-corrected chi connectivity index (χ1v) is 6.40. The standard InChI is InChI=1S/C14H20N2O2/c1-3-10-8-12(10)15-9-14(17)16-11-6-4-5-7-13(11)18-2/h4-7,10,12,15H,3,8-9H2,1-2H3,(H,16,17). The zero-order valence-electron chi connectivity index (χ0n) is 10.9. The first-order valence-electron chi connectivity index (χ1n) is 6.40. The maximum absolute atomic E-state index is 11.8. The fourth-order valence-corrected chi connectivity index (χ4v) is 2.11. The molecule has 1 aromatic carbocycles. The normalized spacial score (nSPS) is 21.4. The predicted molar refractivity (Wildman–Crippen MR) is 71.8 cm³/mol. The summed E-state index contributed by atoms with van der Waals surface area (Å²) in [6, 6.07) is 7.95. The highest BCUT2D eigenvalue weighted by Crippen LogP contribution is 2.32. The van der Waals surface area contributed by atoms with Crippen molar-refractivity contribution in [2.24, 2.45) is 5.92 Å². The number of benzene rings is 1. The van der Waals surface area contributed by atoms with Crippen molar-refractivity contribution in [2.45, 2.75) is 25.8 Å². The molecule has 1 aromatic rings. The SMILES string of the molecule is CCC1CC1NCC(=O)Nc1ccccc1OC. The van der Waals surface area contributed by atoms with Gasteiger partial charge in [0.2, 0.25) is 5.91 Å². The molecule has 1 fully saturated rings. The average molecular weight is 248 g/mol. The first kappa shape index (κ1) is 12.9. The van der Waals surface area contributed by atoms with Gasteiger partial charge < -0.3 is 15.4 Å². The number of nitrogens with one attached hydrogen (secondary N) is 2. The summed E-state index contributed by atoms with van der Waals surface area (Å²) in [4.78, 5) is 11.8. The molecule has 2 N–H and O–H groups in total. The Labute approximate surface area is 108 Å². The third-order valence-electron chi connectivity index (χ3n) is 3.35. The van der Waals surface area contributed by atoms with E-state index in [1.165, 1.54) is 12.8 Å². The van der Waals surface area contributed by atoms with Crippen LogP contribution in [0.5, 0.6) is 5.75 Å². The van der Waals surface area contributed by atoms with Crippen molar-refractivity contribution in [1.29, 1.82) is 0 Å². The van der Waals surface area contributed by atoms with Crippen molar-refractivity contribution in [3.8, 4) is 5.75 Å². The van der Waals surface area contributed by atoms with E-state index >= 15 is 0 Å². The Morgan fingerprint density at radius 3 is 2.89 bits per heavy atom. The van der Waals surface area contributed by atoms with Crippen LogP contribution in [0.3, 0.4) is 0 Å². The Morgan fingerprint density at radius 1 is 1.44 bits per heavy atom. The second kappa shape index (κ2) is 5.87. The van der Waals surface area contributed by atoms with E-state index in [0.29, 0.717) is 18.3 Å². The minimum Gasteiger partial charge on any atom is -0.495 e. The molecular formula is C14H20N2O2. The summed E-state index contributed by atoms with van der Waals surface area (Å²) in [5, 5.41) is 6.11. The third kappa shape index (κ3) is 3.23. The van der Waals surface area contributed by atoms with Crippen LogP contribution in [0.2, 0.25) is 0 Å². The fourth-order valence-electron chi connectivity index (χ4n) is 2.11. The molecule has 0 spiro atoms. The van der Waals surface area contributed by atoms with Crippen LogP contribution in [0.1, 0.15) is 19.8 Å². The van der Waals surface area contributed by atoms with Crippen LogP contribution in [0.4, 0.5) is 5.69 Å². The molecule has 4 heteroatoms. The molecule has 2 rings (SSSR count). The molecule has 2 unspecified atom stereocenters. The molecule has 1 amide bonds. The Hall–Kier alpha value is -1.55. The van der Waals surface area contributed by atoms with E-state index in [2.05, 4.69) is 17.6 Å². The fraction of sp³-hybridized carbons (Fsp3) is 0.500. The van der Waals surface area contributed by atoms with E-state index in [4.69, 9.17) is 4.74 Å². The van der Waals surface area contributed by atoms with Crippen LogP contribution < -0.4 is 15.4 Å². The Bertz CT molecular complexity index is 420. The Balaban J connectivity index is 1.80. The van der Waals surface area contributed by atoms with Gasteiger partial charge in [0.15, 0.2) is 0 Å². The second-order valence-electron chi connectivity index (χ2n) is 4.64. The molecule has 0 saturated heterocycles. The molecule has 4 nitrogen and oxygen atoms in total. The molecule has 18 heavy (non-hydrogen) atoms. The molecule has 0 aromatic heterocycles. The molecular weight excluding hydrogens is 228 g/mol. The quantitative estimate of drug-likeness (QED) is 0.809. The molecule has 1 aliphatic rings. The predicted octanol–water partition coefficient (Wildman–Crippen LogP) is 2.02. The molecule has 1 saturated carbocycles. The molecule has 1 aliphatic carbocycles. The minimum absolute atomic E-state index is 0.0266. The van der Waals surface area contributed by atoms with E-state index in [1.54, 1.807) is 7.11 Å². The van der Waals surface area contributed by atoms with Gasteiger partial charge in [-0.2, -0.15) is 0 Å². The highest BCUT2D eigenvalue weighted by atomic mass is 16.5. The van der Waals surface area contributed by atoms with Crippen LogP contribution in [-0.4, -0.2) is 25.6 Å².